The highest BCUT2D eigenvalue weighted by Crippen LogP contribution is 2.53. The summed E-state index contributed by atoms with van der Waals surface area (Å²) in [6.07, 6.45) is 10.2. The Morgan fingerprint density at radius 2 is 1.97 bits per heavy atom. The molecule has 32 heavy (non-hydrogen) atoms. The smallest absolute Gasteiger partial charge is 0.333 e. The van der Waals surface area contributed by atoms with Gasteiger partial charge in [0.25, 0.3) is 0 Å². The maximum Gasteiger partial charge on any atom is 0.333 e. The summed E-state index contributed by atoms with van der Waals surface area (Å²) in [5.74, 6) is -1.76. The highest BCUT2D eigenvalue weighted by atomic mass is 16.5. The van der Waals surface area contributed by atoms with Crippen molar-refractivity contribution in [2.24, 2.45) is 23.2 Å². The van der Waals surface area contributed by atoms with Crippen LogP contribution in [0.3, 0.4) is 0 Å². The van der Waals surface area contributed by atoms with E-state index in [2.05, 4.69) is 13.8 Å². The van der Waals surface area contributed by atoms with Crippen LogP contribution in [0.25, 0.3) is 0 Å². The second-order valence-corrected chi connectivity index (χ2v) is 10.2. The standard InChI is InChI=1S/C27H40O5/c1-7-8-9-18(4)14-19(5)26(31)32-24-13-12-21(25(29)30)27(6)16-20(11-10-17(2)3)23(28)15-22(24)27/h10,14-15,18,20-21,24H,7-9,11-13,16H2,1-6H3,(H,29,30)/b19-14+/t18-,20-,21-,24-,27-/m1/s1. The summed E-state index contributed by atoms with van der Waals surface area (Å²) < 4.78 is 5.87. The molecule has 2 aliphatic rings. The van der Waals surface area contributed by atoms with Crippen molar-refractivity contribution in [2.45, 2.75) is 92.6 Å². The highest BCUT2D eigenvalue weighted by Gasteiger charge is 2.52. The quantitative estimate of drug-likeness (QED) is 0.266. The topological polar surface area (TPSA) is 80.7 Å². The van der Waals surface area contributed by atoms with Crippen molar-refractivity contribution in [3.63, 3.8) is 0 Å². The first kappa shape index (κ1) is 26.1. The summed E-state index contributed by atoms with van der Waals surface area (Å²) in [6.45, 7) is 11.9. The molecule has 0 saturated heterocycles. The molecule has 0 aromatic heterocycles. The van der Waals surface area contributed by atoms with Crippen LogP contribution in [0.5, 0.6) is 0 Å². The Bertz CT molecular complexity index is 814. The Labute approximate surface area is 193 Å². The zero-order valence-corrected chi connectivity index (χ0v) is 20.6. The molecule has 0 aromatic rings. The molecule has 178 valence electrons. The van der Waals surface area contributed by atoms with Crippen molar-refractivity contribution < 1.29 is 24.2 Å². The molecule has 1 N–H and O–H groups in total. The van der Waals surface area contributed by atoms with E-state index in [0.29, 0.717) is 42.7 Å². The molecule has 5 atom stereocenters. The summed E-state index contributed by atoms with van der Waals surface area (Å²) in [6, 6.07) is 0. The number of fused-ring (bicyclic) bond motifs is 1. The zero-order chi connectivity index (χ0) is 24.1. The van der Waals surface area contributed by atoms with Gasteiger partial charge in [-0.05, 0) is 70.4 Å². The Morgan fingerprint density at radius 3 is 2.56 bits per heavy atom. The van der Waals surface area contributed by atoms with Crippen LogP contribution in [-0.4, -0.2) is 28.9 Å². The lowest BCUT2D eigenvalue weighted by molar-refractivity contribution is -0.153. The fourth-order valence-corrected chi connectivity index (χ4v) is 5.18. The lowest BCUT2D eigenvalue weighted by Gasteiger charge is -2.48. The summed E-state index contributed by atoms with van der Waals surface area (Å²) in [5, 5.41) is 9.90. The van der Waals surface area contributed by atoms with Crippen LogP contribution in [0, 0.1) is 23.2 Å². The number of rotatable bonds is 9. The third-order valence-corrected chi connectivity index (χ3v) is 7.09. The molecule has 5 nitrogen and oxygen atoms in total. The number of aliphatic carboxylic acids is 1. The van der Waals surface area contributed by atoms with E-state index in [1.165, 1.54) is 0 Å². The number of ketones is 1. The lowest BCUT2D eigenvalue weighted by Crippen LogP contribution is -2.48. The summed E-state index contributed by atoms with van der Waals surface area (Å²) in [7, 11) is 0. The molecule has 0 bridgehead atoms. The van der Waals surface area contributed by atoms with Crippen LogP contribution in [0.15, 0.2) is 34.9 Å². The van der Waals surface area contributed by atoms with Gasteiger partial charge in [0, 0.05) is 16.9 Å². The molecule has 2 aliphatic carbocycles. The molecule has 0 aliphatic heterocycles. The van der Waals surface area contributed by atoms with Gasteiger partial charge in [-0.25, -0.2) is 4.79 Å². The predicted octanol–water partition coefficient (Wildman–Crippen LogP) is 6.04. The van der Waals surface area contributed by atoms with Gasteiger partial charge in [-0.15, -0.1) is 0 Å². The number of hydrogen-bond acceptors (Lipinski definition) is 4. The van der Waals surface area contributed by atoms with E-state index in [1.807, 2.05) is 32.9 Å². The van der Waals surface area contributed by atoms with Gasteiger partial charge in [-0.3, -0.25) is 9.59 Å². The lowest BCUT2D eigenvalue weighted by atomic mass is 9.56. The predicted molar refractivity (Wildman–Crippen MR) is 126 cm³/mol. The minimum atomic E-state index is -0.848. The third kappa shape index (κ3) is 6.20. The summed E-state index contributed by atoms with van der Waals surface area (Å²) >= 11 is 0. The molecule has 0 radical (unpaired) electrons. The average molecular weight is 445 g/mol. The Balaban J connectivity index is 2.27. The number of esters is 1. The Hall–Kier alpha value is -2.17. The van der Waals surface area contributed by atoms with Gasteiger partial charge in [0.05, 0.1) is 5.92 Å². The number of carboxylic acid groups (broad SMARTS) is 1. The summed E-state index contributed by atoms with van der Waals surface area (Å²) in [4.78, 5) is 37.8. The van der Waals surface area contributed by atoms with Crippen molar-refractivity contribution in [3.05, 3.63) is 34.9 Å². The van der Waals surface area contributed by atoms with E-state index in [9.17, 15) is 19.5 Å². The maximum absolute atomic E-state index is 12.9. The first-order chi connectivity index (χ1) is 15.0. The van der Waals surface area contributed by atoms with E-state index >= 15 is 0 Å². The fraction of sp³-hybridized carbons (Fsp3) is 0.667. The minimum absolute atomic E-state index is 0.00233. The number of carboxylic acids is 1. The number of allylic oxidation sites excluding steroid dienone is 4. The van der Waals surface area contributed by atoms with E-state index in [0.717, 1.165) is 24.8 Å². The molecule has 0 unspecified atom stereocenters. The van der Waals surface area contributed by atoms with Crippen LogP contribution in [0.1, 0.15) is 86.5 Å². The van der Waals surface area contributed by atoms with Crippen LogP contribution >= 0.6 is 0 Å². The van der Waals surface area contributed by atoms with E-state index in [1.54, 1.807) is 13.0 Å². The van der Waals surface area contributed by atoms with Crippen LogP contribution < -0.4 is 0 Å². The van der Waals surface area contributed by atoms with E-state index < -0.39 is 23.4 Å². The van der Waals surface area contributed by atoms with Crippen molar-refractivity contribution in [2.75, 3.05) is 0 Å². The van der Waals surface area contributed by atoms with Gasteiger partial charge in [0.2, 0.25) is 0 Å². The van der Waals surface area contributed by atoms with E-state index in [-0.39, 0.29) is 17.7 Å². The van der Waals surface area contributed by atoms with Gasteiger partial charge in [0.1, 0.15) is 6.10 Å². The highest BCUT2D eigenvalue weighted by molar-refractivity contribution is 5.95. The molecule has 0 amide bonds. The van der Waals surface area contributed by atoms with Crippen LogP contribution in [0.4, 0.5) is 0 Å². The minimum Gasteiger partial charge on any atom is -0.481 e. The second-order valence-electron chi connectivity index (χ2n) is 10.2. The molecular formula is C27H40O5. The van der Waals surface area contributed by atoms with Crippen molar-refractivity contribution >= 4 is 17.7 Å². The number of unbranched alkanes of at least 4 members (excludes halogenated alkanes) is 1. The normalized spacial score (nSPS) is 28.9. The molecule has 0 heterocycles. The third-order valence-electron chi connectivity index (χ3n) is 7.09. The maximum atomic E-state index is 12.9. The zero-order valence-electron chi connectivity index (χ0n) is 20.6. The molecule has 1 fully saturated rings. The Kier molecular flexibility index (Phi) is 9.06. The van der Waals surface area contributed by atoms with Crippen molar-refractivity contribution in [1.82, 2.24) is 0 Å². The second kappa shape index (κ2) is 11.1. The molecule has 0 spiro atoms. The van der Waals surface area contributed by atoms with Gasteiger partial charge >= 0.3 is 11.9 Å². The fourth-order valence-electron chi connectivity index (χ4n) is 5.18. The van der Waals surface area contributed by atoms with E-state index in [4.69, 9.17) is 4.74 Å². The van der Waals surface area contributed by atoms with Crippen LogP contribution in [-0.2, 0) is 19.1 Å². The van der Waals surface area contributed by atoms with Gasteiger partial charge < -0.3 is 9.84 Å². The molecule has 0 aromatic carbocycles. The molecule has 1 saturated carbocycles. The molecule has 2 rings (SSSR count). The average Bonchev–Trinajstić information content (AvgIpc) is 2.71. The van der Waals surface area contributed by atoms with Crippen molar-refractivity contribution in [1.29, 1.82) is 0 Å². The van der Waals surface area contributed by atoms with Gasteiger partial charge in [-0.1, -0.05) is 51.3 Å². The van der Waals surface area contributed by atoms with Gasteiger partial charge in [0.15, 0.2) is 5.78 Å². The monoisotopic (exact) mass is 444 g/mol. The number of hydrogen-bond donors (Lipinski definition) is 1. The molecule has 5 heteroatoms. The first-order valence-electron chi connectivity index (χ1n) is 12.0. The number of ether oxygens (including phenoxy) is 1. The Morgan fingerprint density at radius 1 is 1.28 bits per heavy atom. The van der Waals surface area contributed by atoms with Crippen LogP contribution in [0.2, 0.25) is 0 Å². The van der Waals surface area contributed by atoms with Gasteiger partial charge in [-0.2, -0.15) is 0 Å². The SMILES string of the molecule is CCCC[C@@H](C)/C=C(\C)C(=O)O[C@@H]1CC[C@H](C(=O)O)[C@@]2(C)C[C@@H](CC=C(C)C)C(=O)C=C12. The number of carbonyl (C=O) groups is 3. The largest absolute Gasteiger partial charge is 0.481 e. The molecular weight excluding hydrogens is 404 g/mol. The number of carbonyl (C=O) groups excluding carboxylic acids is 2. The first-order valence-corrected chi connectivity index (χ1v) is 12.0. The summed E-state index contributed by atoms with van der Waals surface area (Å²) in [5.41, 5.74) is 1.68. The van der Waals surface area contributed by atoms with Crippen molar-refractivity contribution in [3.8, 4) is 0 Å².